The van der Waals surface area contributed by atoms with Gasteiger partial charge in [-0.3, -0.25) is 0 Å². The molecule has 0 heterocycles. The summed E-state index contributed by atoms with van der Waals surface area (Å²) in [5.74, 6) is 0. The molecule has 0 unspecified atom stereocenters. The van der Waals surface area contributed by atoms with E-state index >= 15 is 0 Å². The molecule has 0 bridgehead atoms. The molecule has 1 aliphatic rings. The minimum absolute atomic E-state index is 0.818. The van der Waals surface area contributed by atoms with Crippen LogP contribution in [0.1, 0.15) is 39.0 Å². The molecule has 1 saturated carbocycles. The summed E-state index contributed by atoms with van der Waals surface area (Å²) in [7, 11) is 1.41. The largest absolute Gasteiger partial charge is 0.0630 e. The Morgan fingerprint density at radius 3 is 1.88 bits per heavy atom. The van der Waals surface area contributed by atoms with E-state index < -0.39 is 0 Å². The van der Waals surface area contributed by atoms with E-state index in [1.54, 1.807) is 0 Å². The van der Waals surface area contributed by atoms with Crippen LogP contribution < -0.4 is 0 Å². The van der Waals surface area contributed by atoms with E-state index in [4.69, 9.17) is 0 Å². The summed E-state index contributed by atoms with van der Waals surface area (Å²) in [6.07, 6.45) is 7.52. The van der Waals surface area contributed by atoms with Crippen molar-refractivity contribution in [3.05, 3.63) is 0 Å². The highest BCUT2D eigenvalue weighted by Crippen LogP contribution is 2.38. The van der Waals surface area contributed by atoms with Crippen LogP contribution in [0, 0.1) is 0 Å². The van der Waals surface area contributed by atoms with Crippen LogP contribution in [0.4, 0.5) is 0 Å². The van der Waals surface area contributed by atoms with Crippen LogP contribution in [0.15, 0.2) is 0 Å². The Balaban J connectivity index is 2.33. The lowest BCUT2D eigenvalue weighted by atomic mass is 9.90. The average molecular weight is 128 g/mol. The van der Waals surface area contributed by atoms with Gasteiger partial charge in [-0.1, -0.05) is 39.0 Å². The van der Waals surface area contributed by atoms with Crippen molar-refractivity contribution in [2.45, 2.75) is 44.1 Å². The van der Waals surface area contributed by atoms with Crippen LogP contribution in [0.5, 0.6) is 0 Å². The van der Waals surface area contributed by atoms with Gasteiger partial charge in [-0.15, -0.1) is 0 Å². The highest BCUT2D eigenvalue weighted by atomic mass is 28.1. The first-order chi connectivity index (χ1) is 3.71. The third kappa shape index (κ3) is 1.62. The summed E-state index contributed by atoms with van der Waals surface area (Å²) in [5.41, 5.74) is 0. The first kappa shape index (κ1) is 6.34. The van der Waals surface area contributed by atoms with Crippen molar-refractivity contribution in [3.8, 4) is 0 Å². The van der Waals surface area contributed by atoms with Gasteiger partial charge in [0.05, 0.1) is 0 Å². The summed E-state index contributed by atoms with van der Waals surface area (Å²) in [5, 5.41) is 0.818. The molecule has 1 aliphatic carbocycles. The van der Waals surface area contributed by atoms with Crippen LogP contribution in [-0.2, 0) is 0 Å². The van der Waals surface area contributed by atoms with Gasteiger partial charge in [0, 0.05) is 10.2 Å². The second kappa shape index (κ2) is 2.22. The molecular weight excluding hydrogens is 112 g/mol. The van der Waals surface area contributed by atoms with Gasteiger partial charge >= 0.3 is 0 Å². The zero-order valence-corrected chi connectivity index (χ0v) is 8.04. The maximum absolute atomic E-state index is 2.44. The van der Waals surface area contributed by atoms with Crippen molar-refractivity contribution in [1.29, 1.82) is 0 Å². The maximum atomic E-state index is 2.44. The monoisotopic (exact) mass is 128 g/mol. The molecule has 1 rings (SSSR count). The van der Waals surface area contributed by atoms with E-state index in [0.717, 1.165) is 5.04 Å². The number of hydrogen-bond donors (Lipinski definition) is 0. The van der Waals surface area contributed by atoms with Crippen molar-refractivity contribution >= 4 is 10.2 Å². The quantitative estimate of drug-likeness (QED) is 0.434. The van der Waals surface area contributed by atoms with E-state index in [1.165, 1.54) is 42.3 Å². The Morgan fingerprint density at radius 1 is 1.12 bits per heavy atom. The van der Waals surface area contributed by atoms with Gasteiger partial charge in [-0.2, -0.15) is 0 Å². The number of hydrogen-bond acceptors (Lipinski definition) is 0. The predicted octanol–water partition coefficient (Wildman–Crippen LogP) is 1.49. The standard InChI is InChI=1S/C7H16Si/c1-7(8)5-3-2-4-6-7/h2-6H2,1,8H3. The molecule has 0 spiro atoms. The Morgan fingerprint density at radius 2 is 1.62 bits per heavy atom. The number of rotatable bonds is 0. The van der Waals surface area contributed by atoms with Gasteiger partial charge in [0.25, 0.3) is 0 Å². The molecular formula is C7H16Si. The second-order valence-corrected chi connectivity index (χ2v) is 6.14. The Hall–Kier alpha value is 0.217. The van der Waals surface area contributed by atoms with Crippen LogP contribution in [0.2, 0.25) is 5.04 Å². The summed E-state index contributed by atoms with van der Waals surface area (Å²) in [6, 6.07) is 0. The zero-order chi connectivity index (χ0) is 6.04. The van der Waals surface area contributed by atoms with E-state index in [-0.39, 0.29) is 0 Å². The van der Waals surface area contributed by atoms with Gasteiger partial charge in [-0.05, 0) is 5.04 Å². The van der Waals surface area contributed by atoms with Gasteiger partial charge in [0.15, 0.2) is 0 Å². The Labute approximate surface area is 55.1 Å². The van der Waals surface area contributed by atoms with Crippen molar-refractivity contribution < 1.29 is 0 Å². The van der Waals surface area contributed by atoms with Crippen molar-refractivity contribution in [3.63, 3.8) is 0 Å². The van der Waals surface area contributed by atoms with Gasteiger partial charge < -0.3 is 0 Å². The maximum Gasteiger partial charge on any atom is 0.0103 e. The third-order valence-electron chi connectivity index (χ3n) is 2.21. The van der Waals surface area contributed by atoms with Gasteiger partial charge in [0.1, 0.15) is 0 Å². The fourth-order valence-electron chi connectivity index (χ4n) is 1.51. The average Bonchev–Trinajstić information content (AvgIpc) is 1.65. The first-order valence-electron chi connectivity index (χ1n) is 3.71. The molecule has 0 amide bonds. The van der Waals surface area contributed by atoms with Crippen LogP contribution in [0.3, 0.4) is 0 Å². The lowest BCUT2D eigenvalue weighted by molar-refractivity contribution is 0.404. The first-order valence-corrected chi connectivity index (χ1v) is 4.71. The van der Waals surface area contributed by atoms with Crippen molar-refractivity contribution in [2.75, 3.05) is 0 Å². The smallest absolute Gasteiger partial charge is 0.0103 e. The van der Waals surface area contributed by atoms with Gasteiger partial charge in [-0.25, -0.2) is 0 Å². The van der Waals surface area contributed by atoms with E-state index in [0.29, 0.717) is 0 Å². The van der Waals surface area contributed by atoms with Crippen LogP contribution in [0.25, 0.3) is 0 Å². The van der Waals surface area contributed by atoms with Crippen LogP contribution in [-0.4, -0.2) is 10.2 Å². The lowest BCUT2D eigenvalue weighted by Gasteiger charge is -2.28. The molecule has 0 radical (unpaired) electrons. The second-order valence-electron chi connectivity index (χ2n) is 3.72. The van der Waals surface area contributed by atoms with E-state index in [1.807, 2.05) is 0 Å². The molecule has 0 aromatic rings. The van der Waals surface area contributed by atoms with Gasteiger partial charge in [0.2, 0.25) is 0 Å². The fourth-order valence-corrected chi connectivity index (χ4v) is 2.22. The molecule has 0 N–H and O–H groups in total. The molecule has 0 nitrogen and oxygen atoms in total. The van der Waals surface area contributed by atoms with Crippen molar-refractivity contribution in [1.82, 2.24) is 0 Å². The summed E-state index contributed by atoms with van der Waals surface area (Å²) < 4.78 is 0. The summed E-state index contributed by atoms with van der Waals surface area (Å²) in [6.45, 7) is 2.44. The zero-order valence-electron chi connectivity index (χ0n) is 6.04. The lowest BCUT2D eigenvalue weighted by Crippen LogP contribution is -2.11. The predicted molar refractivity (Wildman–Crippen MR) is 41.4 cm³/mol. The Bertz CT molecular complexity index is 68.5. The van der Waals surface area contributed by atoms with Crippen molar-refractivity contribution in [2.24, 2.45) is 0 Å². The van der Waals surface area contributed by atoms with E-state index in [2.05, 4.69) is 6.92 Å². The molecule has 0 aromatic heterocycles. The summed E-state index contributed by atoms with van der Waals surface area (Å²) >= 11 is 0. The highest BCUT2D eigenvalue weighted by Gasteiger charge is 2.19. The normalized spacial score (nSPS) is 28.1. The molecule has 0 atom stereocenters. The summed E-state index contributed by atoms with van der Waals surface area (Å²) in [4.78, 5) is 0. The fraction of sp³-hybridized carbons (Fsp3) is 1.00. The van der Waals surface area contributed by atoms with E-state index in [9.17, 15) is 0 Å². The molecule has 0 aromatic carbocycles. The topological polar surface area (TPSA) is 0 Å². The molecule has 1 heteroatoms. The van der Waals surface area contributed by atoms with Crippen LogP contribution >= 0.6 is 0 Å². The molecule has 1 fully saturated rings. The third-order valence-corrected chi connectivity index (χ3v) is 3.21. The molecule has 48 valence electrons. The minimum Gasteiger partial charge on any atom is -0.0630 e. The molecule has 0 aliphatic heterocycles. The minimum atomic E-state index is 0.818. The molecule has 0 saturated heterocycles. The highest BCUT2D eigenvalue weighted by molar-refractivity contribution is 6.14. The molecule has 8 heavy (non-hydrogen) atoms. The Kier molecular flexibility index (Phi) is 1.76. The SMILES string of the molecule is CC1([SiH3])CCCCC1.